The normalized spacial score (nSPS) is 12.9. The quantitative estimate of drug-likeness (QED) is 0.221. The zero-order valence-electron chi connectivity index (χ0n) is 23.2. The second-order valence-corrected chi connectivity index (χ2v) is 10.5. The predicted octanol–water partition coefficient (Wildman–Crippen LogP) is 6.68. The number of nitrogens with one attached hydrogen (secondary N) is 1. The second kappa shape index (κ2) is 11.3. The highest BCUT2D eigenvalue weighted by Crippen LogP contribution is 2.44. The molecule has 206 valence electrons. The van der Waals surface area contributed by atoms with E-state index in [1.807, 2.05) is 92.8 Å². The number of rotatable bonds is 8. The number of hydrogen-bond donors (Lipinski definition) is 1. The highest BCUT2D eigenvalue weighted by molar-refractivity contribution is 5.88. The SMILES string of the molecule is Cc1c(C[C@H](NC(=O)OCC2c3ccccc3-c3ccccc32)C(=O)OCc2ccccc2)c2ccccc2n1C. The van der Waals surface area contributed by atoms with Gasteiger partial charge in [0.1, 0.15) is 19.3 Å². The van der Waals surface area contributed by atoms with Crippen molar-refractivity contribution in [1.82, 2.24) is 9.88 Å². The van der Waals surface area contributed by atoms with E-state index in [1.165, 1.54) is 0 Å². The molecule has 1 aliphatic carbocycles. The lowest BCUT2D eigenvalue weighted by atomic mass is 9.98. The van der Waals surface area contributed by atoms with Crippen molar-refractivity contribution in [2.24, 2.45) is 7.05 Å². The molecule has 0 unspecified atom stereocenters. The number of aromatic nitrogens is 1. The molecule has 0 spiro atoms. The predicted molar refractivity (Wildman–Crippen MR) is 160 cm³/mol. The van der Waals surface area contributed by atoms with Crippen molar-refractivity contribution < 1.29 is 19.1 Å². The Hall–Kier alpha value is -4.84. The van der Waals surface area contributed by atoms with Crippen molar-refractivity contribution in [3.05, 3.63) is 131 Å². The number of para-hydroxylation sites is 1. The number of alkyl carbamates (subject to hydrolysis) is 1. The maximum Gasteiger partial charge on any atom is 0.407 e. The molecule has 1 heterocycles. The van der Waals surface area contributed by atoms with E-state index in [4.69, 9.17) is 9.47 Å². The average molecular weight is 545 g/mol. The van der Waals surface area contributed by atoms with E-state index in [-0.39, 0.29) is 25.6 Å². The van der Waals surface area contributed by atoms with Gasteiger partial charge in [-0.3, -0.25) is 0 Å². The van der Waals surface area contributed by atoms with Gasteiger partial charge in [0, 0.05) is 36.0 Å². The Labute approximate surface area is 239 Å². The van der Waals surface area contributed by atoms with Crippen LogP contribution in [-0.4, -0.2) is 29.3 Å². The second-order valence-electron chi connectivity index (χ2n) is 10.5. The smallest absolute Gasteiger partial charge is 0.407 e. The molecule has 1 atom stereocenters. The topological polar surface area (TPSA) is 69.6 Å². The molecular formula is C35H32N2O4. The Morgan fingerprint density at radius 2 is 1.41 bits per heavy atom. The van der Waals surface area contributed by atoms with Gasteiger partial charge in [-0.2, -0.15) is 0 Å². The molecule has 1 N–H and O–H groups in total. The lowest BCUT2D eigenvalue weighted by molar-refractivity contribution is -0.147. The molecule has 0 fully saturated rings. The largest absolute Gasteiger partial charge is 0.459 e. The molecular weight excluding hydrogens is 512 g/mol. The van der Waals surface area contributed by atoms with Gasteiger partial charge in [0.25, 0.3) is 0 Å². The monoisotopic (exact) mass is 544 g/mol. The van der Waals surface area contributed by atoms with E-state index in [0.717, 1.165) is 50.0 Å². The maximum absolute atomic E-state index is 13.4. The summed E-state index contributed by atoms with van der Waals surface area (Å²) in [6.07, 6.45) is -0.364. The van der Waals surface area contributed by atoms with Crippen LogP contribution >= 0.6 is 0 Å². The van der Waals surface area contributed by atoms with Crippen molar-refractivity contribution in [1.29, 1.82) is 0 Å². The molecule has 5 aromatic rings. The van der Waals surface area contributed by atoms with Crippen LogP contribution in [0, 0.1) is 6.92 Å². The summed E-state index contributed by atoms with van der Waals surface area (Å²) in [7, 11) is 2.00. The fourth-order valence-electron chi connectivity index (χ4n) is 5.87. The molecule has 0 saturated carbocycles. The third-order valence-electron chi connectivity index (χ3n) is 8.08. The molecule has 0 bridgehead atoms. The van der Waals surface area contributed by atoms with E-state index in [1.54, 1.807) is 0 Å². The Morgan fingerprint density at radius 3 is 2.12 bits per heavy atom. The lowest BCUT2D eigenvalue weighted by Gasteiger charge is -2.20. The Bertz CT molecular complexity index is 1680. The van der Waals surface area contributed by atoms with Crippen molar-refractivity contribution in [2.45, 2.75) is 31.9 Å². The summed E-state index contributed by atoms with van der Waals surface area (Å²) in [5.41, 5.74) is 8.54. The lowest BCUT2D eigenvalue weighted by Crippen LogP contribution is -2.44. The molecule has 0 aliphatic heterocycles. The molecule has 1 amide bonds. The van der Waals surface area contributed by atoms with E-state index in [9.17, 15) is 9.59 Å². The molecule has 6 nitrogen and oxygen atoms in total. The molecule has 41 heavy (non-hydrogen) atoms. The minimum Gasteiger partial charge on any atom is -0.459 e. The first-order valence-corrected chi connectivity index (χ1v) is 13.9. The van der Waals surface area contributed by atoms with Gasteiger partial charge in [-0.25, -0.2) is 9.59 Å². The van der Waals surface area contributed by atoms with Crippen molar-refractivity contribution in [3.8, 4) is 11.1 Å². The van der Waals surface area contributed by atoms with Crippen LogP contribution in [0.15, 0.2) is 103 Å². The van der Waals surface area contributed by atoms with Crippen LogP contribution < -0.4 is 5.32 Å². The number of fused-ring (bicyclic) bond motifs is 4. The number of ether oxygens (including phenoxy) is 2. The van der Waals surface area contributed by atoms with Gasteiger partial charge in [0.15, 0.2) is 0 Å². The minimum atomic E-state index is -0.918. The zero-order chi connectivity index (χ0) is 28.3. The van der Waals surface area contributed by atoms with Crippen LogP contribution in [0.25, 0.3) is 22.0 Å². The number of carbonyl (C=O) groups is 2. The van der Waals surface area contributed by atoms with Crippen LogP contribution in [0.3, 0.4) is 0 Å². The fourth-order valence-corrected chi connectivity index (χ4v) is 5.87. The first-order valence-electron chi connectivity index (χ1n) is 13.9. The van der Waals surface area contributed by atoms with Crippen molar-refractivity contribution >= 4 is 23.0 Å². The summed E-state index contributed by atoms with van der Waals surface area (Å²) in [5.74, 6) is -0.577. The summed E-state index contributed by atoms with van der Waals surface area (Å²) in [6.45, 7) is 2.31. The number of nitrogens with zero attached hydrogens (tertiary/aromatic N) is 1. The Kier molecular flexibility index (Phi) is 7.30. The van der Waals surface area contributed by atoms with Gasteiger partial charge >= 0.3 is 12.1 Å². The molecule has 0 radical (unpaired) electrons. The summed E-state index contributed by atoms with van der Waals surface area (Å²) in [6, 6.07) is 33.0. The van der Waals surface area contributed by atoms with E-state index < -0.39 is 18.1 Å². The van der Waals surface area contributed by atoms with Crippen molar-refractivity contribution in [3.63, 3.8) is 0 Å². The highest BCUT2D eigenvalue weighted by atomic mass is 16.6. The fraction of sp³-hybridized carbons (Fsp3) is 0.200. The number of carbonyl (C=O) groups excluding carboxylic acids is 2. The zero-order valence-corrected chi connectivity index (χ0v) is 23.2. The van der Waals surface area contributed by atoms with Gasteiger partial charge in [-0.15, -0.1) is 0 Å². The molecule has 0 saturated heterocycles. The average Bonchev–Trinajstić information content (AvgIpc) is 3.46. The Morgan fingerprint density at radius 1 is 0.805 bits per heavy atom. The van der Waals surface area contributed by atoms with Crippen LogP contribution in [0.4, 0.5) is 4.79 Å². The van der Waals surface area contributed by atoms with Gasteiger partial charge in [-0.1, -0.05) is 97.1 Å². The summed E-state index contributed by atoms with van der Waals surface area (Å²) >= 11 is 0. The first kappa shape index (κ1) is 26.4. The van der Waals surface area contributed by atoms with Gasteiger partial charge in [0.2, 0.25) is 0 Å². The maximum atomic E-state index is 13.4. The van der Waals surface area contributed by atoms with E-state index in [2.05, 4.69) is 34.1 Å². The van der Waals surface area contributed by atoms with Gasteiger partial charge in [0.05, 0.1) is 0 Å². The number of amides is 1. The summed E-state index contributed by atoms with van der Waals surface area (Å²) in [4.78, 5) is 26.6. The third-order valence-corrected chi connectivity index (χ3v) is 8.08. The number of esters is 1. The molecule has 6 rings (SSSR count). The number of hydrogen-bond acceptors (Lipinski definition) is 4. The third kappa shape index (κ3) is 5.21. The number of aryl methyl sites for hydroxylation is 1. The van der Waals surface area contributed by atoms with Gasteiger partial charge in [-0.05, 0) is 46.4 Å². The first-order chi connectivity index (χ1) is 20.0. The van der Waals surface area contributed by atoms with Gasteiger partial charge < -0.3 is 19.4 Å². The van der Waals surface area contributed by atoms with Crippen molar-refractivity contribution in [2.75, 3.05) is 6.61 Å². The van der Waals surface area contributed by atoms with Crippen LogP contribution in [0.1, 0.15) is 33.9 Å². The summed E-state index contributed by atoms with van der Waals surface area (Å²) in [5, 5.41) is 3.87. The Balaban J connectivity index is 1.21. The standard InChI is InChI=1S/C35H32N2O4/c1-23-30(29-18-10-11-19-33(29)37(23)2)20-32(34(38)40-21-24-12-4-3-5-13-24)36-35(39)41-22-31-27-16-8-6-14-25(27)26-15-7-9-17-28(26)31/h3-19,31-32H,20-22H2,1-2H3,(H,36,39)/t32-/m0/s1. The molecule has 4 aromatic carbocycles. The van der Waals surface area contributed by atoms with E-state index in [0.29, 0.717) is 0 Å². The highest BCUT2D eigenvalue weighted by Gasteiger charge is 2.31. The van der Waals surface area contributed by atoms with Crippen LogP contribution in [0.5, 0.6) is 0 Å². The summed E-state index contributed by atoms with van der Waals surface area (Å²) < 4.78 is 13.6. The molecule has 1 aromatic heterocycles. The van der Waals surface area contributed by atoms with E-state index >= 15 is 0 Å². The molecule has 1 aliphatic rings. The molecule has 6 heteroatoms. The van der Waals surface area contributed by atoms with Crippen LogP contribution in [0.2, 0.25) is 0 Å². The minimum absolute atomic E-state index is 0.0723. The number of benzene rings is 4. The van der Waals surface area contributed by atoms with Crippen LogP contribution in [-0.2, 0) is 34.3 Å².